The lowest BCUT2D eigenvalue weighted by atomic mass is 10.0. The van der Waals surface area contributed by atoms with Crippen LogP contribution in [0.4, 0.5) is 0 Å². The van der Waals surface area contributed by atoms with E-state index < -0.39 is 0 Å². The number of rotatable bonds is 0. The molecule has 0 unspecified atom stereocenters. The Balaban J connectivity index is 2.25. The van der Waals surface area contributed by atoms with Gasteiger partial charge >= 0.3 is 0 Å². The van der Waals surface area contributed by atoms with Gasteiger partial charge in [0.2, 0.25) is 0 Å². The van der Waals surface area contributed by atoms with E-state index in [1.54, 1.807) is 0 Å². The summed E-state index contributed by atoms with van der Waals surface area (Å²) in [5, 5.41) is 0. The smallest absolute Gasteiger partial charge is 0.0276 e. The first-order valence-corrected chi connectivity index (χ1v) is 10.2. The van der Waals surface area contributed by atoms with Crippen LogP contribution in [-0.4, -0.2) is 0 Å². The SMILES string of the molecule is [C]1=C/C=C\C=C\C=C\C=C\CCCCCCCCCCCCCC/1. The fraction of sp³-hybridized carbons (Fsp3) is 0.583. The van der Waals surface area contributed by atoms with E-state index in [1.807, 2.05) is 6.08 Å². The first kappa shape index (κ1) is 20.7. The van der Waals surface area contributed by atoms with Gasteiger partial charge in [0, 0.05) is 0 Å². The fourth-order valence-corrected chi connectivity index (χ4v) is 2.96. The van der Waals surface area contributed by atoms with Crippen molar-refractivity contribution >= 4 is 0 Å². The van der Waals surface area contributed by atoms with E-state index >= 15 is 0 Å². The van der Waals surface area contributed by atoms with Crippen molar-refractivity contribution in [2.45, 2.75) is 89.9 Å². The van der Waals surface area contributed by atoms with E-state index in [0.717, 1.165) is 6.42 Å². The lowest BCUT2D eigenvalue weighted by Crippen LogP contribution is -1.83. The van der Waals surface area contributed by atoms with Crippen LogP contribution >= 0.6 is 0 Å². The summed E-state index contributed by atoms with van der Waals surface area (Å²) >= 11 is 0. The molecule has 0 N–H and O–H groups in total. The van der Waals surface area contributed by atoms with Gasteiger partial charge in [0.15, 0.2) is 0 Å². The lowest BCUT2D eigenvalue weighted by molar-refractivity contribution is 0.541. The Hall–Kier alpha value is -1.30. The Bertz CT molecular complexity index is 354. The molecule has 0 atom stereocenters. The summed E-state index contributed by atoms with van der Waals surface area (Å²) in [7, 11) is 0. The molecule has 0 spiro atoms. The molecule has 0 aliphatic heterocycles. The predicted octanol–water partition coefficient (Wildman–Crippen LogP) is 8.05. The van der Waals surface area contributed by atoms with Gasteiger partial charge < -0.3 is 0 Å². The second-order valence-electron chi connectivity index (χ2n) is 6.73. The summed E-state index contributed by atoms with van der Waals surface area (Å²) in [5.74, 6) is 0. The third-order valence-corrected chi connectivity index (χ3v) is 4.46. The van der Waals surface area contributed by atoms with Gasteiger partial charge in [-0.2, -0.15) is 0 Å². The normalized spacial score (nSPS) is 27.3. The minimum Gasteiger partial charge on any atom is -0.0845 e. The van der Waals surface area contributed by atoms with Crippen molar-refractivity contribution in [1.29, 1.82) is 0 Å². The summed E-state index contributed by atoms with van der Waals surface area (Å²) < 4.78 is 0. The van der Waals surface area contributed by atoms with Crippen LogP contribution in [0.3, 0.4) is 0 Å². The van der Waals surface area contributed by atoms with Crippen LogP contribution < -0.4 is 0 Å². The van der Waals surface area contributed by atoms with Crippen LogP contribution in [0, 0.1) is 6.08 Å². The average molecular weight is 326 g/mol. The molecule has 0 bridgehead atoms. The van der Waals surface area contributed by atoms with Gasteiger partial charge in [0.05, 0.1) is 0 Å². The van der Waals surface area contributed by atoms with Gasteiger partial charge in [-0.25, -0.2) is 0 Å². The molecule has 0 aromatic rings. The first-order valence-electron chi connectivity index (χ1n) is 10.2. The van der Waals surface area contributed by atoms with Crippen molar-refractivity contribution in [3.8, 4) is 0 Å². The van der Waals surface area contributed by atoms with Crippen molar-refractivity contribution < 1.29 is 0 Å². The minimum absolute atomic E-state index is 1.10. The highest BCUT2D eigenvalue weighted by molar-refractivity contribution is 5.17. The Labute approximate surface area is 151 Å². The molecule has 0 aromatic carbocycles. The van der Waals surface area contributed by atoms with Gasteiger partial charge in [-0.15, -0.1) is 0 Å². The highest BCUT2D eigenvalue weighted by atomic mass is 14.0. The van der Waals surface area contributed by atoms with E-state index in [-0.39, 0.29) is 0 Å². The number of hydrogen-bond donors (Lipinski definition) is 0. The van der Waals surface area contributed by atoms with Crippen LogP contribution in [0.25, 0.3) is 0 Å². The fourth-order valence-electron chi connectivity index (χ4n) is 2.96. The van der Waals surface area contributed by atoms with Crippen molar-refractivity contribution in [2.24, 2.45) is 0 Å². The molecule has 0 aromatic heterocycles. The molecular weight excluding hydrogens is 288 g/mol. The summed E-state index contributed by atoms with van der Waals surface area (Å²) in [5.41, 5.74) is 0. The molecule has 0 saturated heterocycles. The molecule has 1 radical (unpaired) electrons. The zero-order valence-electron chi connectivity index (χ0n) is 15.6. The number of hydrogen-bond acceptors (Lipinski definition) is 0. The van der Waals surface area contributed by atoms with Gasteiger partial charge in [0.1, 0.15) is 0 Å². The summed E-state index contributed by atoms with van der Waals surface area (Å²) in [6.45, 7) is 0. The average Bonchev–Trinajstić information content (AvgIpc) is 2.59. The molecule has 0 heterocycles. The predicted molar refractivity (Wildman–Crippen MR) is 109 cm³/mol. The van der Waals surface area contributed by atoms with Crippen LogP contribution in [0.1, 0.15) is 89.9 Å². The Kier molecular flexibility index (Phi) is 15.6. The third kappa shape index (κ3) is 15.6. The standard InChI is InChI=1S/C24H37/c1-2-4-6-8-10-12-14-16-18-20-22-24-23-21-19-17-15-13-11-9-7-5-3-1/h1-9H,10,12-24H2/b3-1+,4-2+,7-5-,8-6+,11-9?. The van der Waals surface area contributed by atoms with Crippen molar-refractivity contribution in [1.82, 2.24) is 0 Å². The molecule has 0 nitrogen and oxygen atoms in total. The van der Waals surface area contributed by atoms with E-state index in [9.17, 15) is 0 Å². The topological polar surface area (TPSA) is 0 Å². The minimum atomic E-state index is 1.10. The van der Waals surface area contributed by atoms with Gasteiger partial charge in [-0.3, -0.25) is 0 Å². The summed E-state index contributed by atoms with van der Waals surface area (Å²) in [4.78, 5) is 0. The maximum absolute atomic E-state index is 3.36. The van der Waals surface area contributed by atoms with Crippen molar-refractivity contribution in [3.05, 3.63) is 60.8 Å². The molecule has 1 rings (SSSR count). The Morgan fingerprint density at radius 1 is 0.417 bits per heavy atom. The molecule has 0 heteroatoms. The molecular formula is C24H37. The first-order chi connectivity index (χ1) is 12.0. The largest absolute Gasteiger partial charge is 0.0845 e. The summed E-state index contributed by atoms with van der Waals surface area (Å²) in [6, 6.07) is 0. The molecule has 0 saturated carbocycles. The van der Waals surface area contributed by atoms with Gasteiger partial charge in [0.25, 0.3) is 0 Å². The quantitative estimate of drug-likeness (QED) is 0.422. The second kappa shape index (κ2) is 18.0. The molecule has 1 aliphatic carbocycles. The highest BCUT2D eigenvalue weighted by Crippen LogP contribution is 2.13. The van der Waals surface area contributed by atoms with Crippen LogP contribution in [-0.2, 0) is 0 Å². The van der Waals surface area contributed by atoms with E-state index in [1.165, 1.54) is 83.5 Å². The monoisotopic (exact) mass is 325 g/mol. The van der Waals surface area contributed by atoms with Crippen molar-refractivity contribution in [2.75, 3.05) is 0 Å². The van der Waals surface area contributed by atoms with Gasteiger partial charge in [-0.05, 0) is 31.8 Å². The second-order valence-corrected chi connectivity index (χ2v) is 6.73. The zero-order chi connectivity index (χ0) is 17.0. The van der Waals surface area contributed by atoms with E-state index in [2.05, 4.69) is 54.7 Å². The summed E-state index contributed by atoms with van der Waals surface area (Å²) in [6.07, 6.45) is 41.5. The third-order valence-electron chi connectivity index (χ3n) is 4.46. The van der Waals surface area contributed by atoms with Crippen LogP contribution in [0.2, 0.25) is 0 Å². The van der Waals surface area contributed by atoms with E-state index in [4.69, 9.17) is 0 Å². The van der Waals surface area contributed by atoms with Crippen LogP contribution in [0.15, 0.2) is 54.7 Å². The maximum Gasteiger partial charge on any atom is -0.0276 e. The lowest BCUT2D eigenvalue weighted by Gasteiger charge is -2.02. The molecule has 1 aliphatic rings. The van der Waals surface area contributed by atoms with Gasteiger partial charge in [-0.1, -0.05) is 119 Å². The Morgan fingerprint density at radius 2 is 0.875 bits per heavy atom. The van der Waals surface area contributed by atoms with E-state index in [0.29, 0.717) is 0 Å². The molecule has 133 valence electrons. The molecule has 24 heavy (non-hydrogen) atoms. The van der Waals surface area contributed by atoms with Crippen molar-refractivity contribution in [3.63, 3.8) is 0 Å². The maximum atomic E-state index is 3.36. The highest BCUT2D eigenvalue weighted by Gasteiger charge is 1.93. The molecule has 0 fully saturated rings. The van der Waals surface area contributed by atoms with Crippen LogP contribution in [0.5, 0.6) is 0 Å². The number of allylic oxidation sites excluding steroid dienone is 10. The molecule has 0 amide bonds. The Morgan fingerprint density at radius 3 is 1.50 bits per heavy atom. The zero-order valence-corrected chi connectivity index (χ0v) is 15.6.